The highest BCUT2D eigenvalue weighted by atomic mass is 16.3. The molecule has 19 heavy (non-hydrogen) atoms. The Kier molecular flexibility index (Phi) is 4.20. The Morgan fingerprint density at radius 3 is 2.63 bits per heavy atom. The van der Waals surface area contributed by atoms with Crippen molar-refractivity contribution in [3.05, 3.63) is 29.1 Å². The molecule has 0 atom stereocenters. The van der Waals surface area contributed by atoms with E-state index in [1.807, 2.05) is 26.0 Å². The van der Waals surface area contributed by atoms with Gasteiger partial charge in [0, 0.05) is 17.7 Å². The van der Waals surface area contributed by atoms with Crippen molar-refractivity contribution in [3.63, 3.8) is 0 Å². The van der Waals surface area contributed by atoms with Crippen LogP contribution in [0, 0.1) is 19.3 Å². The van der Waals surface area contributed by atoms with Crippen LogP contribution in [0.1, 0.15) is 47.4 Å². The van der Waals surface area contributed by atoms with Crippen LogP contribution in [-0.4, -0.2) is 29.1 Å². The van der Waals surface area contributed by atoms with E-state index in [1.165, 1.54) is 0 Å². The van der Waals surface area contributed by atoms with Crippen LogP contribution in [0.15, 0.2) is 12.1 Å². The predicted molar refractivity (Wildman–Crippen MR) is 74.0 cm³/mol. The zero-order valence-electron chi connectivity index (χ0n) is 11.7. The number of nitrogens with zero attached hydrogens (tertiary/aromatic N) is 1. The van der Waals surface area contributed by atoms with E-state index in [4.69, 9.17) is 0 Å². The number of aryl methyl sites for hydroxylation is 2. The summed E-state index contributed by atoms with van der Waals surface area (Å²) in [5.41, 5.74) is 2.18. The Morgan fingerprint density at radius 2 is 2.05 bits per heavy atom. The van der Waals surface area contributed by atoms with Crippen LogP contribution in [0.25, 0.3) is 0 Å². The largest absolute Gasteiger partial charge is 0.396 e. The number of carbonyl (C=O) groups is 1. The lowest BCUT2D eigenvalue weighted by Gasteiger charge is -2.26. The van der Waals surface area contributed by atoms with Gasteiger partial charge in [0.05, 0.1) is 17.9 Å². The minimum Gasteiger partial charge on any atom is -0.396 e. The summed E-state index contributed by atoms with van der Waals surface area (Å²) in [6.07, 6.45) is 4.27. The molecule has 0 aliphatic heterocycles. The highest BCUT2D eigenvalue weighted by molar-refractivity contribution is 5.95. The van der Waals surface area contributed by atoms with Crippen molar-refractivity contribution in [3.8, 4) is 0 Å². The standard InChI is InChI=1S/C15H22N2O2/c1-11-5-6-13(12(2)17-11)14(19)16-9-15(10-18)7-3-4-8-15/h5-6,18H,3-4,7-10H2,1-2H3,(H,16,19). The van der Waals surface area contributed by atoms with Crippen LogP contribution in [0.3, 0.4) is 0 Å². The van der Waals surface area contributed by atoms with E-state index in [2.05, 4.69) is 10.3 Å². The molecule has 1 aromatic rings. The first-order valence-electron chi connectivity index (χ1n) is 6.90. The summed E-state index contributed by atoms with van der Waals surface area (Å²) in [6.45, 7) is 4.46. The Morgan fingerprint density at radius 1 is 1.37 bits per heavy atom. The van der Waals surface area contributed by atoms with Gasteiger partial charge in [-0.3, -0.25) is 9.78 Å². The zero-order chi connectivity index (χ0) is 13.9. The molecule has 104 valence electrons. The van der Waals surface area contributed by atoms with E-state index in [9.17, 15) is 9.90 Å². The van der Waals surface area contributed by atoms with Crippen LogP contribution >= 0.6 is 0 Å². The van der Waals surface area contributed by atoms with Gasteiger partial charge < -0.3 is 10.4 Å². The molecule has 1 saturated carbocycles. The van der Waals surface area contributed by atoms with Gasteiger partial charge in [0.2, 0.25) is 0 Å². The number of amides is 1. The molecule has 0 spiro atoms. The molecular weight excluding hydrogens is 240 g/mol. The van der Waals surface area contributed by atoms with E-state index in [0.29, 0.717) is 12.1 Å². The van der Waals surface area contributed by atoms with E-state index in [-0.39, 0.29) is 17.9 Å². The second kappa shape index (κ2) is 5.70. The maximum Gasteiger partial charge on any atom is 0.253 e. The number of rotatable bonds is 4. The third kappa shape index (κ3) is 3.13. The van der Waals surface area contributed by atoms with E-state index in [1.54, 1.807) is 0 Å². The smallest absolute Gasteiger partial charge is 0.253 e. The molecule has 0 unspecified atom stereocenters. The molecule has 1 aliphatic rings. The number of hydrogen-bond donors (Lipinski definition) is 2. The van der Waals surface area contributed by atoms with Gasteiger partial charge in [0.15, 0.2) is 0 Å². The molecule has 0 aromatic carbocycles. The molecule has 0 saturated heterocycles. The lowest BCUT2D eigenvalue weighted by Crippen LogP contribution is -2.38. The third-order valence-corrected chi connectivity index (χ3v) is 4.09. The summed E-state index contributed by atoms with van der Waals surface area (Å²) >= 11 is 0. The highest BCUT2D eigenvalue weighted by Crippen LogP contribution is 2.36. The van der Waals surface area contributed by atoms with Crippen molar-refractivity contribution in [2.45, 2.75) is 39.5 Å². The fraction of sp³-hybridized carbons (Fsp3) is 0.600. The summed E-state index contributed by atoms with van der Waals surface area (Å²) in [5.74, 6) is -0.0928. The second-order valence-electron chi connectivity index (χ2n) is 5.63. The average molecular weight is 262 g/mol. The normalized spacial score (nSPS) is 17.4. The molecule has 0 radical (unpaired) electrons. The Labute approximate surface area is 114 Å². The van der Waals surface area contributed by atoms with Gasteiger partial charge in [-0.15, -0.1) is 0 Å². The van der Waals surface area contributed by atoms with E-state index in [0.717, 1.165) is 37.1 Å². The molecule has 2 N–H and O–H groups in total. The summed E-state index contributed by atoms with van der Waals surface area (Å²) in [7, 11) is 0. The molecule has 1 aliphatic carbocycles. The molecule has 1 heterocycles. The number of nitrogens with one attached hydrogen (secondary N) is 1. The van der Waals surface area contributed by atoms with Crippen LogP contribution in [0.2, 0.25) is 0 Å². The molecular formula is C15H22N2O2. The van der Waals surface area contributed by atoms with Crippen molar-refractivity contribution in [1.82, 2.24) is 10.3 Å². The van der Waals surface area contributed by atoms with Crippen molar-refractivity contribution >= 4 is 5.91 Å². The molecule has 4 heteroatoms. The maximum atomic E-state index is 12.2. The predicted octanol–water partition coefficient (Wildman–Crippen LogP) is 1.98. The molecule has 1 aromatic heterocycles. The number of aromatic nitrogens is 1. The first-order valence-corrected chi connectivity index (χ1v) is 6.90. The SMILES string of the molecule is Cc1ccc(C(=O)NCC2(CO)CCCC2)c(C)n1. The van der Waals surface area contributed by atoms with Gasteiger partial charge in [-0.05, 0) is 38.8 Å². The summed E-state index contributed by atoms with van der Waals surface area (Å²) in [4.78, 5) is 16.5. The van der Waals surface area contributed by atoms with E-state index < -0.39 is 0 Å². The second-order valence-corrected chi connectivity index (χ2v) is 5.63. The van der Waals surface area contributed by atoms with Crippen molar-refractivity contribution in [2.24, 2.45) is 5.41 Å². The highest BCUT2D eigenvalue weighted by Gasteiger charge is 2.33. The minimum absolute atomic E-state index is 0.0928. The molecule has 4 nitrogen and oxygen atoms in total. The fourth-order valence-electron chi connectivity index (χ4n) is 2.81. The lowest BCUT2D eigenvalue weighted by molar-refractivity contribution is 0.0879. The average Bonchev–Trinajstić information content (AvgIpc) is 2.85. The summed E-state index contributed by atoms with van der Waals surface area (Å²) < 4.78 is 0. The van der Waals surface area contributed by atoms with Crippen LogP contribution < -0.4 is 5.32 Å². The molecule has 2 rings (SSSR count). The fourth-order valence-corrected chi connectivity index (χ4v) is 2.81. The zero-order valence-corrected chi connectivity index (χ0v) is 11.7. The topological polar surface area (TPSA) is 62.2 Å². The molecule has 1 fully saturated rings. The number of aliphatic hydroxyl groups is 1. The quantitative estimate of drug-likeness (QED) is 0.872. The first-order chi connectivity index (χ1) is 9.06. The Hall–Kier alpha value is -1.42. The number of hydrogen-bond acceptors (Lipinski definition) is 3. The first kappa shape index (κ1) is 14.0. The van der Waals surface area contributed by atoms with E-state index >= 15 is 0 Å². The van der Waals surface area contributed by atoms with Crippen molar-refractivity contribution in [1.29, 1.82) is 0 Å². The van der Waals surface area contributed by atoms with Gasteiger partial charge in [0.25, 0.3) is 5.91 Å². The minimum atomic E-state index is -0.109. The summed E-state index contributed by atoms with van der Waals surface area (Å²) in [5, 5.41) is 12.5. The number of pyridine rings is 1. The van der Waals surface area contributed by atoms with Gasteiger partial charge in [-0.25, -0.2) is 0 Å². The Balaban J connectivity index is 2.01. The van der Waals surface area contributed by atoms with Crippen molar-refractivity contribution < 1.29 is 9.90 Å². The molecule has 1 amide bonds. The third-order valence-electron chi connectivity index (χ3n) is 4.09. The van der Waals surface area contributed by atoms with Crippen LogP contribution in [-0.2, 0) is 0 Å². The van der Waals surface area contributed by atoms with Crippen LogP contribution in [0.5, 0.6) is 0 Å². The number of carbonyl (C=O) groups excluding carboxylic acids is 1. The van der Waals surface area contributed by atoms with Gasteiger partial charge in [-0.1, -0.05) is 12.8 Å². The lowest BCUT2D eigenvalue weighted by atomic mass is 9.87. The van der Waals surface area contributed by atoms with Crippen LogP contribution in [0.4, 0.5) is 0 Å². The maximum absolute atomic E-state index is 12.2. The van der Waals surface area contributed by atoms with Crippen molar-refractivity contribution in [2.75, 3.05) is 13.2 Å². The van der Waals surface area contributed by atoms with Gasteiger partial charge in [0.1, 0.15) is 0 Å². The Bertz CT molecular complexity index is 465. The summed E-state index contributed by atoms with van der Waals surface area (Å²) in [6, 6.07) is 3.66. The molecule has 0 bridgehead atoms. The van der Waals surface area contributed by atoms with Gasteiger partial charge in [-0.2, -0.15) is 0 Å². The van der Waals surface area contributed by atoms with Gasteiger partial charge >= 0.3 is 0 Å². The number of aliphatic hydroxyl groups excluding tert-OH is 1. The monoisotopic (exact) mass is 262 g/mol.